The standard InChI is InChI=1S/C22H34N4O2/c1-6-11-20(27)25(16-15-24(4)5)19(8-3)21-23-18-13-10-9-12-17(18)22(28)26(21)14-7-2/h9-10,12-13,19H,6-8,11,14-16H2,1-5H3. The van der Waals surface area contributed by atoms with E-state index in [1.54, 1.807) is 4.57 Å². The molecule has 1 amide bonds. The van der Waals surface area contributed by atoms with Crippen molar-refractivity contribution in [1.29, 1.82) is 0 Å². The van der Waals surface area contributed by atoms with Gasteiger partial charge in [0.1, 0.15) is 5.82 Å². The van der Waals surface area contributed by atoms with Crippen LogP contribution in [0.2, 0.25) is 0 Å². The summed E-state index contributed by atoms with van der Waals surface area (Å²) in [6.45, 7) is 8.13. The summed E-state index contributed by atoms with van der Waals surface area (Å²) < 4.78 is 1.78. The Bertz CT molecular complexity index is 844. The fourth-order valence-corrected chi connectivity index (χ4v) is 3.54. The number of hydrogen-bond donors (Lipinski definition) is 0. The molecule has 6 heteroatoms. The molecule has 0 bridgehead atoms. The zero-order chi connectivity index (χ0) is 20.7. The first-order valence-corrected chi connectivity index (χ1v) is 10.4. The molecule has 28 heavy (non-hydrogen) atoms. The Morgan fingerprint density at radius 2 is 1.82 bits per heavy atom. The lowest BCUT2D eigenvalue weighted by Gasteiger charge is -2.33. The van der Waals surface area contributed by atoms with Gasteiger partial charge in [0.25, 0.3) is 5.56 Å². The van der Waals surface area contributed by atoms with Gasteiger partial charge in [-0.05, 0) is 45.5 Å². The first-order valence-electron chi connectivity index (χ1n) is 10.4. The summed E-state index contributed by atoms with van der Waals surface area (Å²) in [5.41, 5.74) is 0.681. The van der Waals surface area contributed by atoms with Crippen molar-refractivity contribution in [3.63, 3.8) is 0 Å². The molecule has 154 valence electrons. The minimum Gasteiger partial charge on any atom is -0.331 e. The van der Waals surface area contributed by atoms with Crippen LogP contribution in [-0.4, -0.2) is 52.4 Å². The molecule has 0 aliphatic rings. The van der Waals surface area contributed by atoms with E-state index in [-0.39, 0.29) is 17.5 Å². The number of carbonyl (C=O) groups is 1. The molecule has 0 spiro atoms. The molecule has 0 saturated heterocycles. The predicted octanol–water partition coefficient (Wildman–Crippen LogP) is 3.45. The predicted molar refractivity (Wildman–Crippen MR) is 115 cm³/mol. The normalized spacial score (nSPS) is 12.5. The number of carbonyl (C=O) groups excluding carboxylic acids is 1. The Morgan fingerprint density at radius 1 is 1.11 bits per heavy atom. The smallest absolute Gasteiger partial charge is 0.261 e. The van der Waals surface area contributed by atoms with Crippen LogP contribution in [0.4, 0.5) is 0 Å². The van der Waals surface area contributed by atoms with Gasteiger partial charge in [0.2, 0.25) is 5.91 Å². The van der Waals surface area contributed by atoms with Crippen molar-refractivity contribution in [2.24, 2.45) is 0 Å². The van der Waals surface area contributed by atoms with Crippen LogP contribution in [0.1, 0.15) is 58.3 Å². The van der Waals surface area contributed by atoms with Crippen molar-refractivity contribution in [3.8, 4) is 0 Å². The molecule has 1 atom stereocenters. The van der Waals surface area contributed by atoms with Gasteiger partial charge in [-0.15, -0.1) is 0 Å². The van der Waals surface area contributed by atoms with Crippen molar-refractivity contribution in [2.45, 2.75) is 59.0 Å². The Hall–Kier alpha value is -2.21. The van der Waals surface area contributed by atoms with Crippen molar-refractivity contribution < 1.29 is 4.79 Å². The van der Waals surface area contributed by atoms with Crippen LogP contribution >= 0.6 is 0 Å². The molecule has 0 radical (unpaired) electrons. The minimum absolute atomic E-state index is 0.0172. The maximum atomic E-state index is 13.2. The third kappa shape index (κ3) is 4.98. The largest absolute Gasteiger partial charge is 0.331 e. The van der Waals surface area contributed by atoms with E-state index in [0.717, 1.165) is 25.8 Å². The summed E-state index contributed by atoms with van der Waals surface area (Å²) in [5, 5.41) is 0.634. The van der Waals surface area contributed by atoms with Crippen molar-refractivity contribution in [2.75, 3.05) is 27.2 Å². The van der Waals surface area contributed by atoms with Gasteiger partial charge in [0, 0.05) is 26.1 Å². The fourth-order valence-electron chi connectivity index (χ4n) is 3.54. The molecule has 1 heterocycles. The molecule has 0 fully saturated rings. The summed E-state index contributed by atoms with van der Waals surface area (Å²) in [4.78, 5) is 35.0. The number of aromatic nitrogens is 2. The number of amides is 1. The Balaban J connectivity index is 2.60. The highest BCUT2D eigenvalue weighted by Gasteiger charge is 2.27. The quantitative estimate of drug-likeness (QED) is 0.628. The molecule has 2 aromatic rings. The summed E-state index contributed by atoms with van der Waals surface area (Å²) in [7, 11) is 4.01. The topological polar surface area (TPSA) is 58.4 Å². The number of fused-ring (bicyclic) bond motifs is 1. The maximum absolute atomic E-state index is 13.2. The third-order valence-electron chi connectivity index (χ3n) is 4.97. The molecule has 0 saturated carbocycles. The Labute approximate surface area is 168 Å². The average Bonchev–Trinajstić information content (AvgIpc) is 2.67. The number of nitrogens with zero attached hydrogens (tertiary/aromatic N) is 4. The summed E-state index contributed by atoms with van der Waals surface area (Å²) in [6.07, 6.45) is 2.87. The van der Waals surface area contributed by atoms with Gasteiger partial charge in [0.05, 0.1) is 16.9 Å². The van der Waals surface area contributed by atoms with E-state index < -0.39 is 0 Å². The number of rotatable bonds is 10. The lowest BCUT2D eigenvalue weighted by Crippen LogP contribution is -2.42. The number of hydrogen-bond acceptors (Lipinski definition) is 4. The first-order chi connectivity index (χ1) is 13.4. The monoisotopic (exact) mass is 386 g/mol. The zero-order valence-corrected chi connectivity index (χ0v) is 17.9. The second kappa shape index (κ2) is 10.4. The van der Waals surface area contributed by atoms with Crippen molar-refractivity contribution in [3.05, 3.63) is 40.4 Å². The SMILES string of the molecule is CCCC(=O)N(CCN(C)C)C(CC)c1nc2ccccc2c(=O)n1CCC. The minimum atomic E-state index is -0.206. The third-order valence-corrected chi connectivity index (χ3v) is 4.97. The van der Waals surface area contributed by atoms with Crippen LogP contribution in [0.5, 0.6) is 0 Å². The van der Waals surface area contributed by atoms with E-state index in [0.29, 0.717) is 36.2 Å². The summed E-state index contributed by atoms with van der Waals surface area (Å²) >= 11 is 0. The summed E-state index contributed by atoms with van der Waals surface area (Å²) in [6, 6.07) is 7.26. The highest BCUT2D eigenvalue weighted by Crippen LogP contribution is 2.25. The number of likely N-dealkylation sites (N-methyl/N-ethyl adjacent to an activating group) is 1. The van der Waals surface area contributed by atoms with E-state index in [1.807, 2.05) is 50.2 Å². The van der Waals surface area contributed by atoms with Crippen molar-refractivity contribution in [1.82, 2.24) is 19.4 Å². The van der Waals surface area contributed by atoms with Crippen molar-refractivity contribution >= 4 is 16.8 Å². The fraction of sp³-hybridized carbons (Fsp3) is 0.591. The number of para-hydroxylation sites is 1. The molecular formula is C22H34N4O2. The second-order valence-corrected chi connectivity index (χ2v) is 7.51. The van der Waals surface area contributed by atoms with Gasteiger partial charge in [0.15, 0.2) is 0 Å². The zero-order valence-electron chi connectivity index (χ0n) is 17.9. The molecule has 1 aromatic heterocycles. The van der Waals surface area contributed by atoms with Crippen LogP contribution in [0.15, 0.2) is 29.1 Å². The molecule has 2 rings (SSSR count). The molecule has 0 aliphatic heterocycles. The van der Waals surface area contributed by atoms with Gasteiger partial charge in [-0.2, -0.15) is 0 Å². The van der Waals surface area contributed by atoms with Gasteiger partial charge in [-0.25, -0.2) is 4.98 Å². The lowest BCUT2D eigenvalue weighted by atomic mass is 10.1. The number of benzene rings is 1. The Kier molecular flexibility index (Phi) is 8.18. The van der Waals surface area contributed by atoms with Crippen LogP contribution in [0.3, 0.4) is 0 Å². The summed E-state index contributed by atoms with van der Waals surface area (Å²) in [5.74, 6) is 0.831. The van der Waals surface area contributed by atoms with E-state index in [1.165, 1.54) is 0 Å². The maximum Gasteiger partial charge on any atom is 0.261 e. The highest BCUT2D eigenvalue weighted by atomic mass is 16.2. The highest BCUT2D eigenvalue weighted by molar-refractivity contribution is 5.78. The van der Waals surface area contributed by atoms with Crippen LogP contribution in [0.25, 0.3) is 10.9 Å². The van der Waals surface area contributed by atoms with E-state index in [4.69, 9.17) is 4.98 Å². The average molecular weight is 387 g/mol. The molecule has 0 aliphatic carbocycles. The van der Waals surface area contributed by atoms with Crippen LogP contribution in [-0.2, 0) is 11.3 Å². The lowest BCUT2D eigenvalue weighted by molar-refractivity contribution is -0.134. The van der Waals surface area contributed by atoms with Gasteiger partial charge >= 0.3 is 0 Å². The first kappa shape index (κ1) is 22.1. The van der Waals surface area contributed by atoms with Gasteiger partial charge < -0.3 is 9.80 Å². The molecule has 6 nitrogen and oxygen atoms in total. The molecular weight excluding hydrogens is 352 g/mol. The second-order valence-electron chi connectivity index (χ2n) is 7.51. The van der Waals surface area contributed by atoms with E-state index in [9.17, 15) is 9.59 Å². The van der Waals surface area contributed by atoms with Gasteiger partial charge in [-0.3, -0.25) is 14.2 Å². The molecule has 1 aromatic carbocycles. The Morgan fingerprint density at radius 3 is 2.43 bits per heavy atom. The van der Waals surface area contributed by atoms with E-state index in [2.05, 4.69) is 18.7 Å². The van der Waals surface area contributed by atoms with Crippen LogP contribution in [0, 0.1) is 0 Å². The van der Waals surface area contributed by atoms with Crippen LogP contribution < -0.4 is 5.56 Å². The molecule has 1 unspecified atom stereocenters. The van der Waals surface area contributed by atoms with Gasteiger partial charge in [-0.1, -0.05) is 32.9 Å². The van der Waals surface area contributed by atoms with E-state index >= 15 is 0 Å². The molecule has 0 N–H and O–H groups in total.